The fourth-order valence-electron chi connectivity index (χ4n) is 8.05. The van der Waals surface area contributed by atoms with Gasteiger partial charge < -0.3 is 42.2 Å². The lowest BCUT2D eigenvalue weighted by atomic mass is 9.93. The van der Waals surface area contributed by atoms with Gasteiger partial charge in [0.1, 0.15) is 5.75 Å². The van der Waals surface area contributed by atoms with Gasteiger partial charge in [0.2, 0.25) is 17.7 Å². The molecule has 1 saturated heterocycles. The fraction of sp³-hybridized carbons (Fsp3) is 0.500. The second-order valence-corrected chi connectivity index (χ2v) is 16.4. The standard InChI is InChI=1S/C48H67N7O5/c49-48(50)53-28-13-17-43-25-22-38(33-40-32-37-16-10-11-18-44(37)54-40)46(58)52-27-12-5-3-1-2-4-9-19-45(57)51-29-26-39(30-36-20-23-42(56)24-21-36)47(59)55-41(34-60-43)31-35-14-7-6-8-15-35/h6-8,10-11,14-16,18,20-21,23-24,32,38-39,41,43,54,56H,1-5,9,12-13,17,19,22,25-31,33-34H2,(H,51,57)(H,52,58)(H,55,59)(H4,49,50,53)/t38-,39-,41+,43-/m0/s1. The summed E-state index contributed by atoms with van der Waals surface area (Å²) in [6.45, 7) is 1.74. The smallest absolute Gasteiger partial charge is 0.223 e. The molecule has 1 fully saturated rings. The molecule has 2 heterocycles. The third-order valence-electron chi connectivity index (χ3n) is 11.4. The molecule has 3 amide bonds. The van der Waals surface area contributed by atoms with Crippen molar-refractivity contribution in [2.45, 2.75) is 115 Å². The average Bonchev–Trinajstić information content (AvgIpc) is 3.66. The van der Waals surface area contributed by atoms with Crippen molar-refractivity contribution < 1.29 is 24.2 Å². The number of rotatable bonds is 10. The second-order valence-electron chi connectivity index (χ2n) is 16.4. The predicted molar refractivity (Wildman–Crippen MR) is 239 cm³/mol. The van der Waals surface area contributed by atoms with Crippen molar-refractivity contribution in [1.82, 2.24) is 20.9 Å². The molecular formula is C48H67N7O5. The van der Waals surface area contributed by atoms with E-state index in [0.29, 0.717) is 77.4 Å². The molecule has 1 aliphatic rings. The minimum atomic E-state index is -0.429. The number of aliphatic imine (C=N–C) groups is 1. The first-order valence-electron chi connectivity index (χ1n) is 22.1. The number of para-hydroxylation sites is 1. The molecule has 0 spiro atoms. The normalized spacial score (nSPS) is 21.4. The van der Waals surface area contributed by atoms with Crippen LogP contribution in [0.2, 0.25) is 0 Å². The Kier molecular flexibility index (Phi) is 19.3. The number of ether oxygens (including phenoxy) is 1. The summed E-state index contributed by atoms with van der Waals surface area (Å²) < 4.78 is 6.74. The highest BCUT2D eigenvalue weighted by atomic mass is 16.5. The molecule has 0 radical (unpaired) electrons. The third-order valence-corrected chi connectivity index (χ3v) is 11.4. The molecule has 0 bridgehead atoms. The molecule has 4 aromatic rings. The van der Waals surface area contributed by atoms with Crippen molar-refractivity contribution >= 4 is 34.6 Å². The maximum Gasteiger partial charge on any atom is 0.223 e. The molecule has 12 heteroatoms. The number of H-pyrrole nitrogens is 1. The van der Waals surface area contributed by atoms with Crippen LogP contribution in [-0.4, -0.2) is 72.2 Å². The number of carbonyl (C=O) groups excluding carboxylic acids is 3. The van der Waals surface area contributed by atoms with Gasteiger partial charge in [-0.2, -0.15) is 0 Å². The van der Waals surface area contributed by atoms with Crippen molar-refractivity contribution in [3.05, 3.63) is 102 Å². The van der Waals surface area contributed by atoms with E-state index in [9.17, 15) is 19.5 Å². The number of nitrogens with one attached hydrogen (secondary N) is 4. The minimum absolute atomic E-state index is 0.00383. The zero-order chi connectivity index (χ0) is 42.4. The SMILES string of the molecule is NC(N)=NCCC[C@H]1CC[C@@H](Cc2cc3ccccc3[nH]2)C(=O)NCCCCCCCCCC(=O)NCC[C@@H](Cc2ccc(O)cc2)C(=O)N[C@H](Cc2ccccc2)CO1. The molecule has 0 aliphatic carbocycles. The lowest BCUT2D eigenvalue weighted by Crippen LogP contribution is -2.44. The summed E-state index contributed by atoms with van der Waals surface area (Å²) in [4.78, 5) is 48.7. The lowest BCUT2D eigenvalue weighted by Gasteiger charge is -2.27. The summed E-state index contributed by atoms with van der Waals surface area (Å²) in [7, 11) is 0. The number of aromatic hydroxyl groups is 1. The van der Waals surface area contributed by atoms with Gasteiger partial charge in [-0.05, 0) is 105 Å². The third kappa shape index (κ3) is 16.7. The van der Waals surface area contributed by atoms with Crippen LogP contribution < -0.4 is 27.4 Å². The van der Waals surface area contributed by atoms with Crippen molar-refractivity contribution in [3.63, 3.8) is 0 Å². The number of hydrogen-bond donors (Lipinski definition) is 7. The second kappa shape index (κ2) is 25.3. The number of guanidine groups is 1. The number of fused-ring (bicyclic) bond motifs is 1. The van der Waals surface area contributed by atoms with Crippen molar-refractivity contribution in [1.29, 1.82) is 0 Å². The van der Waals surface area contributed by atoms with E-state index < -0.39 is 5.92 Å². The topological polar surface area (TPSA) is 197 Å². The molecule has 0 saturated carbocycles. The molecule has 9 N–H and O–H groups in total. The Labute approximate surface area is 355 Å². The van der Waals surface area contributed by atoms with Crippen LogP contribution >= 0.6 is 0 Å². The molecule has 12 nitrogen and oxygen atoms in total. The van der Waals surface area contributed by atoms with E-state index in [-0.39, 0.29) is 54.1 Å². The Balaban J connectivity index is 1.37. The highest BCUT2D eigenvalue weighted by molar-refractivity contribution is 5.82. The van der Waals surface area contributed by atoms with Crippen LogP contribution in [0.1, 0.15) is 100 Å². The number of carbonyl (C=O) groups is 3. The molecule has 3 aromatic carbocycles. The van der Waals surface area contributed by atoms with E-state index >= 15 is 0 Å². The number of nitrogens with two attached hydrogens (primary N) is 2. The molecule has 5 rings (SSSR count). The van der Waals surface area contributed by atoms with E-state index in [1.54, 1.807) is 12.1 Å². The van der Waals surface area contributed by atoms with Gasteiger partial charge in [0.05, 0.1) is 18.8 Å². The number of aromatic nitrogens is 1. The summed E-state index contributed by atoms with van der Waals surface area (Å²) in [5.41, 5.74) is 15.4. The van der Waals surface area contributed by atoms with Gasteiger partial charge in [0.15, 0.2) is 5.96 Å². The van der Waals surface area contributed by atoms with Gasteiger partial charge in [-0.3, -0.25) is 19.4 Å². The van der Waals surface area contributed by atoms with Crippen LogP contribution in [-0.2, 0) is 38.4 Å². The molecule has 324 valence electrons. The van der Waals surface area contributed by atoms with E-state index in [4.69, 9.17) is 16.2 Å². The Morgan fingerprint density at radius 2 is 1.42 bits per heavy atom. The highest BCUT2D eigenvalue weighted by Crippen LogP contribution is 2.23. The van der Waals surface area contributed by atoms with Gasteiger partial charge in [0.25, 0.3) is 0 Å². The Hall–Kier alpha value is -5.36. The van der Waals surface area contributed by atoms with Gasteiger partial charge in [0, 0.05) is 49.1 Å². The zero-order valence-electron chi connectivity index (χ0n) is 35.2. The van der Waals surface area contributed by atoms with Crippen LogP contribution in [0.25, 0.3) is 10.9 Å². The highest BCUT2D eigenvalue weighted by Gasteiger charge is 2.26. The van der Waals surface area contributed by atoms with Crippen LogP contribution in [0.4, 0.5) is 0 Å². The summed E-state index contributed by atoms with van der Waals surface area (Å²) in [6.07, 6.45) is 12.0. The van der Waals surface area contributed by atoms with E-state index in [1.165, 1.54) is 0 Å². The van der Waals surface area contributed by atoms with Gasteiger partial charge in [-0.1, -0.05) is 92.8 Å². The van der Waals surface area contributed by atoms with Gasteiger partial charge >= 0.3 is 0 Å². The van der Waals surface area contributed by atoms with Gasteiger partial charge in [-0.25, -0.2) is 0 Å². The predicted octanol–water partition coefficient (Wildman–Crippen LogP) is 6.59. The Morgan fingerprint density at radius 1 is 0.717 bits per heavy atom. The van der Waals surface area contributed by atoms with Crippen molar-refractivity contribution in [2.75, 3.05) is 26.2 Å². The van der Waals surface area contributed by atoms with Crippen LogP contribution in [0.3, 0.4) is 0 Å². The Bertz CT molecular complexity index is 1880. The number of nitrogens with zero attached hydrogens (tertiary/aromatic N) is 1. The van der Waals surface area contributed by atoms with E-state index in [2.05, 4.69) is 44.1 Å². The molecule has 60 heavy (non-hydrogen) atoms. The molecule has 1 aromatic heterocycles. The summed E-state index contributed by atoms with van der Waals surface area (Å²) in [5, 5.41) is 20.7. The first-order valence-corrected chi connectivity index (χ1v) is 22.1. The number of phenols is 1. The summed E-state index contributed by atoms with van der Waals surface area (Å²) in [5.74, 6) is -0.559. The zero-order valence-corrected chi connectivity index (χ0v) is 35.2. The quantitative estimate of drug-likeness (QED) is 0.0532. The molecule has 0 unspecified atom stereocenters. The fourth-order valence-corrected chi connectivity index (χ4v) is 8.05. The summed E-state index contributed by atoms with van der Waals surface area (Å²) >= 11 is 0. The van der Waals surface area contributed by atoms with Gasteiger partial charge in [-0.15, -0.1) is 0 Å². The van der Waals surface area contributed by atoms with Crippen molar-refractivity contribution in [3.8, 4) is 5.75 Å². The number of aromatic amines is 1. The maximum atomic E-state index is 14.3. The van der Waals surface area contributed by atoms with Crippen LogP contribution in [0, 0.1) is 11.8 Å². The van der Waals surface area contributed by atoms with Crippen LogP contribution in [0.5, 0.6) is 5.75 Å². The molecule has 4 atom stereocenters. The lowest BCUT2D eigenvalue weighted by molar-refractivity contribution is -0.127. The largest absolute Gasteiger partial charge is 0.508 e. The summed E-state index contributed by atoms with van der Waals surface area (Å²) in [6, 6.07) is 26.9. The Morgan fingerprint density at radius 3 is 2.18 bits per heavy atom. The van der Waals surface area contributed by atoms with Crippen LogP contribution in [0.15, 0.2) is 89.9 Å². The average molecular weight is 822 g/mol. The number of hydrogen-bond acceptors (Lipinski definition) is 6. The first kappa shape index (κ1) is 45.7. The number of amides is 3. The number of benzene rings is 3. The minimum Gasteiger partial charge on any atom is -0.508 e. The maximum absolute atomic E-state index is 14.3. The van der Waals surface area contributed by atoms with E-state index in [1.807, 2.05) is 54.6 Å². The molecular weight excluding hydrogens is 755 g/mol. The van der Waals surface area contributed by atoms with E-state index in [0.717, 1.165) is 72.7 Å². The monoisotopic (exact) mass is 822 g/mol. The first-order chi connectivity index (χ1) is 29.2. The van der Waals surface area contributed by atoms with Crippen molar-refractivity contribution in [2.24, 2.45) is 28.3 Å². The number of phenolic OH excluding ortho intramolecular Hbond substituents is 1. The molecule has 1 aliphatic heterocycles.